The van der Waals surface area contributed by atoms with E-state index in [2.05, 4.69) is 21.9 Å². The van der Waals surface area contributed by atoms with Crippen molar-refractivity contribution in [2.24, 2.45) is 0 Å². The monoisotopic (exact) mass is 271 g/mol. The van der Waals surface area contributed by atoms with Crippen LogP contribution in [0.25, 0.3) is 11.2 Å². The summed E-state index contributed by atoms with van der Waals surface area (Å²) in [6.07, 6.45) is 1.26. The van der Waals surface area contributed by atoms with E-state index in [1.54, 1.807) is 6.07 Å². The first-order chi connectivity index (χ1) is 8.13. The van der Waals surface area contributed by atoms with Crippen LogP contribution in [0.4, 0.5) is 0 Å². The molecule has 1 saturated heterocycles. The fourth-order valence-corrected chi connectivity index (χ4v) is 2.40. The fraction of sp³-hybridized carbons (Fsp3) is 0.455. The minimum Gasteiger partial charge on any atom is -0.378 e. The number of halogens is 2. The van der Waals surface area contributed by atoms with E-state index in [4.69, 9.17) is 27.9 Å². The molecule has 0 radical (unpaired) electrons. The number of aromatic nitrogens is 3. The highest BCUT2D eigenvalue weighted by atomic mass is 35.5. The Hall–Kier alpha value is -0.840. The first-order valence-corrected chi connectivity index (χ1v) is 6.22. The summed E-state index contributed by atoms with van der Waals surface area (Å²) in [5, 5.41) is 0.721. The zero-order chi connectivity index (χ0) is 12.0. The van der Waals surface area contributed by atoms with E-state index in [1.165, 1.54) is 0 Å². The Labute approximate surface area is 108 Å². The third kappa shape index (κ3) is 2.01. The SMILES string of the molecule is CC1CC(c2nc3nc(Cl)c(Cl)cc3[nH]2)CO1. The van der Waals surface area contributed by atoms with Gasteiger partial charge in [0.25, 0.3) is 0 Å². The van der Waals surface area contributed by atoms with Crippen LogP contribution in [0, 0.1) is 0 Å². The van der Waals surface area contributed by atoms with Gasteiger partial charge in [-0.3, -0.25) is 0 Å². The summed E-state index contributed by atoms with van der Waals surface area (Å²) in [4.78, 5) is 11.8. The molecule has 2 atom stereocenters. The second-order valence-electron chi connectivity index (χ2n) is 4.33. The lowest BCUT2D eigenvalue weighted by Crippen LogP contribution is -2.00. The molecule has 0 saturated carbocycles. The van der Waals surface area contributed by atoms with Crippen LogP contribution in [-0.4, -0.2) is 27.7 Å². The highest BCUT2D eigenvalue weighted by Crippen LogP contribution is 2.30. The molecule has 0 aromatic carbocycles. The third-order valence-electron chi connectivity index (χ3n) is 2.99. The van der Waals surface area contributed by atoms with Gasteiger partial charge in [0, 0.05) is 5.92 Å². The molecule has 0 spiro atoms. The number of H-pyrrole nitrogens is 1. The number of rotatable bonds is 1. The second-order valence-corrected chi connectivity index (χ2v) is 5.10. The van der Waals surface area contributed by atoms with E-state index < -0.39 is 0 Å². The lowest BCUT2D eigenvalue weighted by atomic mass is 10.1. The van der Waals surface area contributed by atoms with Gasteiger partial charge in [-0.05, 0) is 19.4 Å². The standard InChI is InChI=1S/C11H11Cl2N3O/c1-5-2-6(4-17-5)10-14-8-3-7(12)9(13)15-11(8)16-10/h3,5-6H,2,4H2,1H3,(H,14,15,16). The Balaban J connectivity index is 2.02. The highest BCUT2D eigenvalue weighted by Gasteiger charge is 2.26. The number of fused-ring (bicyclic) bond motifs is 1. The molecule has 17 heavy (non-hydrogen) atoms. The molecule has 1 aliphatic rings. The van der Waals surface area contributed by atoms with Crippen molar-refractivity contribution in [2.75, 3.05) is 6.61 Å². The van der Waals surface area contributed by atoms with Crippen molar-refractivity contribution < 1.29 is 4.74 Å². The summed E-state index contributed by atoms with van der Waals surface area (Å²) in [6, 6.07) is 1.75. The van der Waals surface area contributed by atoms with Gasteiger partial charge in [0.15, 0.2) is 5.65 Å². The summed E-state index contributed by atoms with van der Waals surface area (Å²) in [6.45, 7) is 2.76. The maximum absolute atomic E-state index is 5.91. The van der Waals surface area contributed by atoms with Crippen molar-refractivity contribution in [3.05, 3.63) is 22.1 Å². The fourth-order valence-electron chi connectivity index (χ4n) is 2.12. The molecule has 0 aliphatic carbocycles. The number of pyridine rings is 1. The van der Waals surface area contributed by atoms with Gasteiger partial charge in [-0.2, -0.15) is 0 Å². The second kappa shape index (κ2) is 4.12. The number of imidazole rings is 1. The third-order valence-corrected chi connectivity index (χ3v) is 3.66. The number of nitrogens with one attached hydrogen (secondary N) is 1. The van der Waals surface area contributed by atoms with E-state index in [9.17, 15) is 0 Å². The minimum absolute atomic E-state index is 0.285. The molecule has 1 aliphatic heterocycles. The van der Waals surface area contributed by atoms with Gasteiger partial charge >= 0.3 is 0 Å². The molecule has 3 rings (SSSR count). The molecule has 4 nitrogen and oxygen atoms in total. The van der Waals surface area contributed by atoms with Crippen LogP contribution in [0.2, 0.25) is 10.2 Å². The molecule has 90 valence electrons. The molecule has 6 heteroatoms. The van der Waals surface area contributed by atoms with Crippen LogP contribution in [0.1, 0.15) is 25.1 Å². The van der Waals surface area contributed by atoms with Gasteiger partial charge in [0.1, 0.15) is 11.0 Å². The molecular weight excluding hydrogens is 261 g/mol. The summed E-state index contributed by atoms with van der Waals surface area (Å²) >= 11 is 11.8. The van der Waals surface area contributed by atoms with Crippen molar-refractivity contribution in [2.45, 2.75) is 25.4 Å². The normalized spacial score (nSPS) is 24.6. The number of nitrogens with zero attached hydrogens (tertiary/aromatic N) is 2. The molecule has 3 heterocycles. The quantitative estimate of drug-likeness (QED) is 0.811. The molecule has 2 aromatic heterocycles. The Morgan fingerprint density at radius 2 is 2.24 bits per heavy atom. The predicted molar refractivity (Wildman–Crippen MR) is 66.7 cm³/mol. The lowest BCUT2D eigenvalue weighted by Gasteiger charge is -2.01. The average molecular weight is 272 g/mol. The number of ether oxygens (including phenoxy) is 1. The first kappa shape index (κ1) is 11.3. The maximum atomic E-state index is 5.91. The minimum atomic E-state index is 0.285. The van der Waals surface area contributed by atoms with Gasteiger partial charge in [-0.1, -0.05) is 23.2 Å². The van der Waals surface area contributed by atoms with Crippen molar-refractivity contribution in [1.82, 2.24) is 15.0 Å². The van der Waals surface area contributed by atoms with Crippen LogP contribution in [0.15, 0.2) is 6.07 Å². The van der Waals surface area contributed by atoms with Crippen molar-refractivity contribution >= 4 is 34.4 Å². The van der Waals surface area contributed by atoms with Crippen molar-refractivity contribution in [3.8, 4) is 0 Å². The Morgan fingerprint density at radius 3 is 2.94 bits per heavy atom. The molecule has 1 N–H and O–H groups in total. The Bertz CT molecular complexity index is 530. The van der Waals surface area contributed by atoms with Gasteiger partial charge in [-0.25, -0.2) is 9.97 Å². The average Bonchev–Trinajstić information content (AvgIpc) is 2.85. The van der Waals surface area contributed by atoms with Crippen molar-refractivity contribution in [1.29, 1.82) is 0 Å². The molecule has 0 amide bonds. The van der Waals surface area contributed by atoms with E-state index in [1.807, 2.05) is 0 Å². The molecule has 0 bridgehead atoms. The van der Waals surface area contributed by atoms with Crippen molar-refractivity contribution in [3.63, 3.8) is 0 Å². The molecule has 2 aromatic rings. The first-order valence-electron chi connectivity index (χ1n) is 5.46. The van der Waals surface area contributed by atoms with E-state index >= 15 is 0 Å². The van der Waals surface area contributed by atoms with Crippen LogP contribution in [0.5, 0.6) is 0 Å². The van der Waals surface area contributed by atoms with E-state index in [0.717, 1.165) is 17.8 Å². The van der Waals surface area contributed by atoms with E-state index in [0.29, 0.717) is 23.2 Å². The summed E-state index contributed by atoms with van der Waals surface area (Å²) in [7, 11) is 0. The number of hydrogen-bond donors (Lipinski definition) is 1. The van der Waals surface area contributed by atoms with E-state index in [-0.39, 0.29) is 11.3 Å². The Morgan fingerprint density at radius 1 is 1.41 bits per heavy atom. The number of aromatic amines is 1. The largest absolute Gasteiger partial charge is 0.378 e. The van der Waals surface area contributed by atoms with Crippen LogP contribution >= 0.6 is 23.2 Å². The molecular formula is C11H11Cl2N3O. The van der Waals surface area contributed by atoms with Crippen LogP contribution in [0.3, 0.4) is 0 Å². The van der Waals surface area contributed by atoms with Gasteiger partial charge in [0.05, 0.1) is 23.3 Å². The Kier molecular flexibility index (Phi) is 2.73. The lowest BCUT2D eigenvalue weighted by molar-refractivity contribution is 0.123. The topological polar surface area (TPSA) is 50.8 Å². The zero-order valence-electron chi connectivity index (χ0n) is 9.20. The van der Waals surface area contributed by atoms with Crippen LogP contribution in [-0.2, 0) is 4.74 Å². The summed E-state index contributed by atoms with van der Waals surface area (Å²) < 4.78 is 5.53. The zero-order valence-corrected chi connectivity index (χ0v) is 10.7. The van der Waals surface area contributed by atoms with Gasteiger partial charge in [-0.15, -0.1) is 0 Å². The highest BCUT2D eigenvalue weighted by molar-refractivity contribution is 6.41. The smallest absolute Gasteiger partial charge is 0.179 e. The van der Waals surface area contributed by atoms with Gasteiger partial charge in [0.2, 0.25) is 0 Å². The predicted octanol–water partition coefficient (Wildman–Crippen LogP) is 3.16. The maximum Gasteiger partial charge on any atom is 0.179 e. The molecule has 2 unspecified atom stereocenters. The van der Waals surface area contributed by atoms with Gasteiger partial charge < -0.3 is 9.72 Å². The summed E-state index contributed by atoms with van der Waals surface area (Å²) in [5.41, 5.74) is 1.42. The summed E-state index contributed by atoms with van der Waals surface area (Å²) in [5.74, 6) is 1.20. The van der Waals surface area contributed by atoms with Crippen LogP contribution < -0.4 is 0 Å². The number of hydrogen-bond acceptors (Lipinski definition) is 3. The molecule has 1 fully saturated rings.